The molecule has 0 aromatic heterocycles. The quantitative estimate of drug-likeness (QED) is 0.658. The predicted molar refractivity (Wildman–Crippen MR) is 48.4 cm³/mol. The SMILES string of the molecule is C[C@@H]1CC(OP(O)O)C[C@H](C)C1. The van der Waals surface area contributed by atoms with E-state index in [-0.39, 0.29) is 6.10 Å². The van der Waals surface area contributed by atoms with Crippen molar-refractivity contribution in [2.75, 3.05) is 0 Å². The Morgan fingerprint density at radius 1 is 1.08 bits per heavy atom. The summed E-state index contributed by atoms with van der Waals surface area (Å²) in [5.74, 6) is 1.29. The van der Waals surface area contributed by atoms with Crippen LogP contribution in [-0.4, -0.2) is 15.9 Å². The topological polar surface area (TPSA) is 49.7 Å². The average molecular weight is 192 g/mol. The van der Waals surface area contributed by atoms with Crippen LogP contribution >= 0.6 is 8.60 Å². The normalized spacial score (nSPS) is 37.2. The van der Waals surface area contributed by atoms with E-state index in [1.165, 1.54) is 6.42 Å². The first-order valence-corrected chi connectivity index (χ1v) is 5.59. The zero-order valence-corrected chi connectivity index (χ0v) is 8.50. The minimum Gasteiger partial charge on any atom is -0.328 e. The average Bonchev–Trinajstić information content (AvgIpc) is 1.81. The fourth-order valence-electron chi connectivity index (χ4n) is 2.09. The van der Waals surface area contributed by atoms with Crippen LogP contribution in [0.4, 0.5) is 0 Å². The maximum Gasteiger partial charge on any atom is 0.327 e. The van der Waals surface area contributed by atoms with Crippen molar-refractivity contribution in [1.82, 2.24) is 0 Å². The lowest BCUT2D eigenvalue weighted by atomic mass is 9.82. The second kappa shape index (κ2) is 4.52. The third kappa shape index (κ3) is 3.36. The molecule has 0 bridgehead atoms. The molecule has 1 aliphatic carbocycles. The summed E-state index contributed by atoms with van der Waals surface area (Å²) in [6.07, 6.45) is 3.22. The Morgan fingerprint density at radius 3 is 2.00 bits per heavy atom. The van der Waals surface area contributed by atoms with Crippen molar-refractivity contribution in [3.63, 3.8) is 0 Å². The van der Waals surface area contributed by atoms with Crippen molar-refractivity contribution < 1.29 is 14.3 Å². The van der Waals surface area contributed by atoms with Crippen LogP contribution in [0.2, 0.25) is 0 Å². The highest BCUT2D eigenvalue weighted by atomic mass is 31.2. The third-order valence-corrected chi connectivity index (χ3v) is 2.87. The van der Waals surface area contributed by atoms with Gasteiger partial charge in [-0.15, -0.1) is 0 Å². The van der Waals surface area contributed by atoms with Crippen LogP contribution in [-0.2, 0) is 4.52 Å². The molecule has 4 heteroatoms. The van der Waals surface area contributed by atoms with Gasteiger partial charge < -0.3 is 14.3 Å². The zero-order valence-electron chi connectivity index (χ0n) is 7.60. The fourth-order valence-corrected chi connectivity index (χ4v) is 2.53. The minimum atomic E-state index is -2.16. The molecule has 1 aliphatic rings. The Balaban J connectivity index is 2.34. The molecule has 0 saturated heterocycles. The molecule has 0 heterocycles. The van der Waals surface area contributed by atoms with E-state index < -0.39 is 8.60 Å². The van der Waals surface area contributed by atoms with Gasteiger partial charge in [-0.3, -0.25) is 0 Å². The molecule has 3 nitrogen and oxygen atoms in total. The molecule has 1 fully saturated rings. The molecule has 1 unspecified atom stereocenters. The summed E-state index contributed by atoms with van der Waals surface area (Å²) in [4.78, 5) is 17.4. The molecule has 0 spiro atoms. The van der Waals surface area contributed by atoms with Crippen LogP contribution in [0, 0.1) is 11.8 Å². The predicted octanol–water partition coefficient (Wildman–Crippen LogP) is 2.04. The molecule has 0 aromatic carbocycles. The largest absolute Gasteiger partial charge is 0.328 e. The summed E-state index contributed by atoms with van der Waals surface area (Å²) < 4.78 is 5.01. The minimum absolute atomic E-state index is 0.0601. The Bertz CT molecular complexity index is 128. The molecule has 72 valence electrons. The van der Waals surface area contributed by atoms with E-state index in [4.69, 9.17) is 14.3 Å². The monoisotopic (exact) mass is 192 g/mol. The van der Waals surface area contributed by atoms with Crippen molar-refractivity contribution >= 4 is 8.60 Å². The van der Waals surface area contributed by atoms with E-state index in [1.54, 1.807) is 0 Å². The Morgan fingerprint density at radius 2 is 1.58 bits per heavy atom. The summed E-state index contributed by atoms with van der Waals surface area (Å²) in [5.41, 5.74) is 0. The highest BCUT2D eigenvalue weighted by Gasteiger charge is 2.26. The van der Waals surface area contributed by atoms with Crippen molar-refractivity contribution in [2.24, 2.45) is 11.8 Å². The maximum absolute atomic E-state index is 8.68. The van der Waals surface area contributed by atoms with E-state index in [1.807, 2.05) is 0 Å². The molecular weight excluding hydrogens is 175 g/mol. The van der Waals surface area contributed by atoms with Crippen LogP contribution in [0.3, 0.4) is 0 Å². The molecule has 0 aliphatic heterocycles. The summed E-state index contributed by atoms with van der Waals surface area (Å²) in [6, 6.07) is 0. The highest BCUT2D eigenvalue weighted by Crippen LogP contribution is 2.37. The first-order valence-electron chi connectivity index (χ1n) is 4.42. The van der Waals surface area contributed by atoms with Crippen LogP contribution in [0.15, 0.2) is 0 Å². The second-order valence-corrected chi connectivity index (χ2v) is 4.61. The smallest absolute Gasteiger partial charge is 0.327 e. The first-order chi connectivity index (χ1) is 5.58. The van der Waals surface area contributed by atoms with E-state index in [9.17, 15) is 0 Å². The highest BCUT2D eigenvalue weighted by molar-refractivity contribution is 7.39. The summed E-state index contributed by atoms with van der Waals surface area (Å²) in [6.45, 7) is 4.37. The van der Waals surface area contributed by atoms with E-state index >= 15 is 0 Å². The molecule has 1 rings (SSSR count). The lowest BCUT2D eigenvalue weighted by molar-refractivity contribution is 0.0879. The summed E-state index contributed by atoms with van der Waals surface area (Å²) in [7, 11) is -2.16. The Labute approximate surface area is 74.7 Å². The van der Waals surface area contributed by atoms with Gasteiger partial charge in [-0.1, -0.05) is 13.8 Å². The Hall–Kier alpha value is 0.310. The number of hydrogen-bond donors (Lipinski definition) is 2. The molecular formula is C8H17O3P. The molecule has 1 saturated carbocycles. The maximum atomic E-state index is 8.68. The third-order valence-electron chi connectivity index (χ3n) is 2.38. The van der Waals surface area contributed by atoms with Crippen LogP contribution in [0.5, 0.6) is 0 Å². The number of hydrogen-bond acceptors (Lipinski definition) is 3. The molecule has 0 radical (unpaired) electrons. The van der Waals surface area contributed by atoms with Gasteiger partial charge in [0.2, 0.25) is 0 Å². The summed E-state index contributed by atoms with van der Waals surface area (Å²) >= 11 is 0. The van der Waals surface area contributed by atoms with Gasteiger partial charge in [-0.2, -0.15) is 0 Å². The first kappa shape index (κ1) is 10.4. The van der Waals surface area contributed by atoms with Gasteiger partial charge in [-0.05, 0) is 31.1 Å². The zero-order chi connectivity index (χ0) is 9.14. The summed E-state index contributed by atoms with van der Waals surface area (Å²) in [5, 5.41) is 0. The van der Waals surface area contributed by atoms with Crippen LogP contribution < -0.4 is 0 Å². The van der Waals surface area contributed by atoms with Crippen molar-refractivity contribution in [2.45, 2.75) is 39.2 Å². The number of rotatable bonds is 2. The van der Waals surface area contributed by atoms with Gasteiger partial charge >= 0.3 is 8.60 Å². The van der Waals surface area contributed by atoms with Crippen molar-refractivity contribution in [3.05, 3.63) is 0 Å². The fraction of sp³-hybridized carbons (Fsp3) is 1.00. The van der Waals surface area contributed by atoms with Crippen molar-refractivity contribution in [3.8, 4) is 0 Å². The van der Waals surface area contributed by atoms with Gasteiger partial charge in [0.1, 0.15) is 0 Å². The van der Waals surface area contributed by atoms with Crippen LogP contribution in [0.1, 0.15) is 33.1 Å². The standard InChI is InChI=1S/C8H17O3P/c1-6-3-7(2)5-8(4-6)11-12(9)10/h6-10H,3-5H2,1-2H3/t6-,7+,8?. The van der Waals surface area contributed by atoms with E-state index in [2.05, 4.69) is 13.8 Å². The van der Waals surface area contributed by atoms with Gasteiger partial charge in [0.15, 0.2) is 0 Å². The van der Waals surface area contributed by atoms with Gasteiger partial charge in [0, 0.05) is 0 Å². The van der Waals surface area contributed by atoms with Gasteiger partial charge in [-0.25, -0.2) is 0 Å². The second-order valence-electron chi connectivity index (χ2n) is 3.90. The molecule has 0 amide bonds. The lowest BCUT2D eigenvalue weighted by Gasteiger charge is -2.31. The molecule has 0 aromatic rings. The van der Waals surface area contributed by atoms with Gasteiger partial charge in [0.25, 0.3) is 0 Å². The van der Waals surface area contributed by atoms with Gasteiger partial charge in [0.05, 0.1) is 6.10 Å². The van der Waals surface area contributed by atoms with Crippen LogP contribution in [0.25, 0.3) is 0 Å². The Kier molecular flexibility index (Phi) is 3.91. The molecule has 12 heavy (non-hydrogen) atoms. The molecule has 2 N–H and O–H groups in total. The van der Waals surface area contributed by atoms with E-state index in [0.29, 0.717) is 11.8 Å². The molecule has 3 atom stereocenters. The van der Waals surface area contributed by atoms with E-state index in [0.717, 1.165) is 12.8 Å². The van der Waals surface area contributed by atoms with Crippen molar-refractivity contribution in [1.29, 1.82) is 0 Å². The lowest BCUT2D eigenvalue weighted by Crippen LogP contribution is -2.24.